The molecule has 0 amide bonds. The van der Waals surface area contributed by atoms with Crippen LogP contribution in [-0.4, -0.2) is 27.8 Å². The summed E-state index contributed by atoms with van der Waals surface area (Å²) in [6.07, 6.45) is 6.74. The maximum atomic E-state index is 12.5. The molecule has 1 saturated heterocycles. The van der Waals surface area contributed by atoms with Crippen LogP contribution >= 0.6 is 27.7 Å². The minimum Gasteiger partial charge on any atom is -0.379 e. The summed E-state index contributed by atoms with van der Waals surface area (Å²) in [5, 5.41) is 7.59. The minimum absolute atomic E-state index is 0.0110. The third-order valence-corrected chi connectivity index (χ3v) is 6.08. The van der Waals surface area contributed by atoms with Crippen LogP contribution in [0, 0.1) is 11.8 Å². The Bertz CT molecular complexity index is 524. The van der Waals surface area contributed by atoms with Gasteiger partial charge in [0.05, 0.1) is 10.7 Å². The summed E-state index contributed by atoms with van der Waals surface area (Å²) in [5.41, 5.74) is 0.688. The zero-order chi connectivity index (χ0) is 13.9. The smallest absolute Gasteiger partial charge is 0.291 e. The second kappa shape index (κ2) is 6.52. The van der Waals surface area contributed by atoms with Crippen molar-refractivity contribution in [2.24, 2.45) is 11.8 Å². The van der Waals surface area contributed by atoms with Crippen molar-refractivity contribution in [2.75, 3.05) is 23.4 Å². The Labute approximate surface area is 131 Å². The molecule has 1 unspecified atom stereocenters. The van der Waals surface area contributed by atoms with Crippen molar-refractivity contribution in [3.05, 3.63) is 21.0 Å². The Morgan fingerprint density at radius 2 is 2.25 bits per heavy atom. The van der Waals surface area contributed by atoms with Crippen LogP contribution in [0.4, 0.5) is 5.69 Å². The molecule has 0 bridgehead atoms. The first-order chi connectivity index (χ1) is 9.74. The zero-order valence-electron chi connectivity index (χ0n) is 11.5. The number of halogens is 1. The van der Waals surface area contributed by atoms with Gasteiger partial charge < -0.3 is 5.32 Å². The molecular formula is C14H20BrN3OS. The van der Waals surface area contributed by atoms with E-state index in [1.54, 1.807) is 10.9 Å². The van der Waals surface area contributed by atoms with E-state index in [9.17, 15) is 4.79 Å². The number of hydrogen-bond acceptors (Lipinski definition) is 4. The number of nitrogens with one attached hydrogen (secondary N) is 1. The fourth-order valence-electron chi connectivity index (χ4n) is 2.67. The van der Waals surface area contributed by atoms with Gasteiger partial charge in [-0.3, -0.25) is 4.79 Å². The van der Waals surface area contributed by atoms with Gasteiger partial charge in [0.15, 0.2) is 0 Å². The van der Waals surface area contributed by atoms with Crippen molar-refractivity contribution in [1.29, 1.82) is 0 Å². The molecule has 3 rings (SSSR count). The molecule has 0 radical (unpaired) electrons. The molecule has 1 saturated carbocycles. The SMILES string of the molecule is O=c1c(NCC2CCSC2)c(Br)cnn1CC1CCC1. The zero-order valence-corrected chi connectivity index (χ0v) is 13.9. The average Bonchev–Trinajstić information content (AvgIpc) is 2.89. The molecular weight excluding hydrogens is 338 g/mol. The third kappa shape index (κ3) is 3.22. The van der Waals surface area contributed by atoms with Gasteiger partial charge in [0, 0.05) is 13.1 Å². The van der Waals surface area contributed by atoms with Crippen molar-refractivity contribution < 1.29 is 0 Å². The molecule has 6 heteroatoms. The predicted molar refractivity (Wildman–Crippen MR) is 87.5 cm³/mol. The fourth-order valence-corrected chi connectivity index (χ4v) is 4.36. The monoisotopic (exact) mass is 357 g/mol. The molecule has 1 aromatic rings. The van der Waals surface area contributed by atoms with Gasteiger partial charge in [-0.15, -0.1) is 0 Å². The molecule has 2 aliphatic rings. The number of anilines is 1. The van der Waals surface area contributed by atoms with Crippen LogP contribution in [0.2, 0.25) is 0 Å². The molecule has 1 atom stereocenters. The Morgan fingerprint density at radius 1 is 1.40 bits per heavy atom. The van der Waals surface area contributed by atoms with Crippen LogP contribution in [0.5, 0.6) is 0 Å². The van der Waals surface area contributed by atoms with E-state index in [0.717, 1.165) is 17.6 Å². The Balaban J connectivity index is 1.70. The fraction of sp³-hybridized carbons (Fsp3) is 0.714. The van der Waals surface area contributed by atoms with E-state index in [4.69, 9.17) is 0 Å². The number of rotatable bonds is 5. The summed E-state index contributed by atoms with van der Waals surface area (Å²) in [5.74, 6) is 3.77. The second-order valence-corrected chi connectivity index (χ2v) is 7.77. The van der Waals surface area contributed by atoms with Gasteiger partial charge in [-0.2, -0.15) is 16.9 Å². The topological polar surface area (TPSA) is 46.9 Å². The van der Waals surface area contributed by atoms with Gasteiger partial charge in [0.25, 0.3) is 5.56 Å². The Hall–Kier alpha value is -0.490. The number of hydrogen-bond donors (Lipinski definition) is 1. The summed E-state index contributed by atoms with van der Waals surface area (Å²) in [6.45, 7) is 1.65. The molecule has 2 heterocycles. The Kier molecular flexibility index (Phi) is 4.71. The molecule has 0 aromatic carbocycles. The first-order valence-electron chi connectivity index (χ1n) is 7.31. The molecule has 2 fully saturated rings. The van der Waals surface area contributed by atoms with Crippen LogP contribution in [0.3, 0.4) is 0 Å². The number of aromatic nitrogens is 2. The van der Waals surface area contributed by atoms with Crippen molar-refractivity contribution >= 4 is 33.4 Å². The van der Waals surface area contributed by atoms with E-state index in [2.05, 4.69) is 26.3 Å². The van der Waals surface area contributed by atoms with Crippen LogP contribution in [0.25, 0.3) is 0 Å². The lowest BCUT2D eigenvalue weighted by Gasteiger charge is -2.25. The first-order valence-corrected chi connectivity index (χ1v) is 9.26. The highest BCUT2D eigenvalue weighted by atomic mass is 79.9. The van der Waals surface area contributed by atoms with Crippen LogP contribution in [0.15, 0.2) is 15.5 Å². The number of nitrogens with zero attached hydrogens (tertiary/aromatic N) is 2. The molecule has 1 aromatic heterocycles. The molecule has 1 aliphatic carbocycles. The van der Waals surface area contributed by atoms with E-state index < -0.39 is 0 Å². The summed E-state index contributed by atoms with van der Waals surface area (Å²) in [7, 11) is 0. The molecule has 1 aliphatic heterocycles. The molecule has 20 heavy (non-hydrogen) atoms. The summed E-state index contributed by atoms with van der Waals surface area (Å²) in [6, 6.07) is 0. The van der Waals surface area contributed by atoms with E-state index in [0.29, 0.717) is 17.5 Å². The standard InChI is InChI=1S/C14H20BrN3OS/c15-12-7-17-18(8-10-2-1-3-10)14(19)13(12)16-6-11-4-5-20-9-11/h7,10-11,16H,1-6,8-9H2. The minimum atomic E-state index is 0.0110. The van der Waals surface area contributed by atoms with Crippen LogP contribution in [0.1, 0.15) is 25.7 Å². The van der Waals surface area contributed by atoms with E-state index in [-0.39, 0.29) is 5.56 Å². The Morgan fingerprint density at radius 3 is 2.90 bits per heavy atom. The normalized spacial score (nSPS) is 22.8. The second-order valence-electron chi connectivity index (χ2n) is 5.76. The molecule has 4 nitrogen and oxygen atoms in total. The van der Waals surface area contributed by atoms with Crippen molar-refractivity contribution in [3.8, 4) is 0 Å². The molecule has 1 N–H and O–H groups in total. The van der Waals surface area contributed by atoms with Gasteiger partial charge in [0.2, 0.25) is 0 Å². The van der Waals surface area contributed by atoms with E-state index in [1.165, 1.54) is 37.2 Å². The maximum absolute atomic E-state index is 12.5. The van der Waals surface area contributed by atoms with Gasteiger partial charge >= 0.3 is 0 Å². The molecule has 0 spiro atoms. The lowest BCUT2D eigenvalue weighted by Crippen LogP contribution is -2.31. The summed E-state index contributed by atoms with van der Waals surface area (Å²) < 4.78 is 2.40. The van der Waals surface area contributed by atoms with Gasteiger partial charge in [-0.1, -0.05) is 6.42 Å². The van der Waals surface area contributed by atoms with E-state index >= 15 is 0 Å². The van der Waals surface area contributed by atoms with Crippen LogP contribution < -0.4 is 10.9 Å². The first kappa shape index (κ1) is 14.4. The summed E-state index contributed by atoms with van der Waals surface area (Å²) >= 11 is 5.45. The van der Waals surface area contributed by atoms with Gasteiger partial charge in [0.1, 0.15) is 5.69 Å². The number of thioether (sulfide) groups is 1. The third-order valence-electron chi connectivity index (χ3n) is 4.24. The maximum Gasteiger partial charge on any atom is 0.291 e. The molecule has 110 valence electrons. The van der Waals surface area contributed by atoms with Crippen molar-refractivity contribution in [2.45, 2.75) is 32.2 Å². The van der Waals surface area contributed by atoms with Crippen molar-refractivity contribution in [3.63, 3.8) is 0 Å². The van der Waals surface area contributed by atoms with Crippen LogP contribution in [-0.2, 0) is 6.54 Å². The highest BCUT2D eigenvalue weighted by molar-refractivity contribution is 9.10. The summed E-state index contributed by atoms with van der Waals surface area (Å²) in [4.78, 5) is 12.5. The van der Waals surface area contributed by atoms with Crippen molar-refractivity contribution in [1.82, 2.24) is 9.78 Å². The lowest BCUT2D eigenvalue weighted by molar-refractivity contribution is 0.262. The lowest BCUT2D eigenvalue weighted by atomic mass is 9.85. The largest absolute Gasteiger partial charge is 0.379 e. The van der Waals surface area contributed by atoms with Gasteiger partial charge in [-0.05, 0) is 58.5 Å². The van der Waals surface area contributed by atoms with Gasteiger partial charge in [-0.25, -0.2) is 4.68 Å². The quantitative estimate of drug-likeness (QED) is 0.879. The highest BCUT2D eigenvalue weighted by Crippen LogP contribution is 2.28. The van der Waals surface area contributed by atoms with E-state index in [1.807, 2.05) is 11.8 Å². The average molecular weight is 358 g/mol. The highest BCUT2D eigenvalue weighted by Gasteiger charge is 2.21. The predicted octanol–water partition coefficient (Wildman–Crippen LogP) is 2.97.